The minimum atomic E-state index is -0.281. The van der Waals surface area contributed by atoms with Gasteiger partial charge in [0.2, 0.25) is 5.95 Å². The number of fused-ring (bicyclic) bond motifs is 1. The molecule has 7 nitrogen and oxygen atoms in total. The quantitative estimate of drug-likeness (QED) is 0.327. The molecule has 4 aromatic rings. The molecule has 1 aromatic carbocycles. The Labute approximate surface area is 208 Å². The van der Waals surface area contributed by atoms with Crippen LogP contribution in [0.5, 0.6) is 5.75 Å². The van der Waals surface area contributed by atoms with E-state index in [1.807, 2.05) is 38.1 Å². The van der Waals surface area contributed by atoms with Crippen molar-refractivity contribution in [3.05, 3.63) is 87.4 Å². The smallest absolute Gasteiger partial charge is 0.291 e. The van der Waals surface area contributed by atoms with Crippen molar-refractivity contribution < 1.29 is 13.9 Å². The average molecular weight is 489 g/mol. The maximum absolute atomic E-state index is 13.0. The summed E-state index contributed by atoms with van der Waals surface area (Å²) in [6, 6.07) is 13.0. The van der Waals surface area contributed by atoms with Crippen LogP contribution in [0.4, 0.5) is 10.9 Å². The first-order valence-electron chi connectivity index (χ1n) is 11.7. The third-order valence-electron chi connectivity index (χ3n) is 6.16. The van der Waals surface area contributed by atoms with Gasteiger partial charge in [-0.2, -0.15) is 0 Å². The third kappa shape index (κ3) is 4.93. The van der Waals surface area contributed by atoms with Crippen molar-refractivity contribution >= 4 is 28.2 Å². The predicted octanol–water partition coefficient (Wildman–Crippen LogP) is 6.09. The molecule has 1 aliphatic rings. The number of ether oxygens (including phenoxy) is 1. The molecular weight excluding hydrogens is 460 g/mol. The molecule has 180 valence electrons. The van der Waals surface area contributed by atoms with Gasteiger partial charge in [0.1, 0.15) is 10.8 Å². The highest BCUT2D eigenvalue weighted by Gasteiger charge is 2.30. The lowest BCUT2D eigenvalue weighted by molar-refractivity contribution is 0.0997. The zero-order chi connectivity index (χ0) is 24.4. The van der Waals surface area contributed by atoms with E-state index in [4.69, 9.17) is 9.15 Å². The second-order valence-corrected chi connectivity index (χ2v) is 9.82. The first-order valence-corrected chi connectivity index (χ1v) is 12.6. The predicted molar refractivity (Wildman–Crippen MR) is 138 cm³/mol. The van der Waals surface area contributed by atoms with Crippen molar-refractivity contribution in [1.29, 1.82) is 0 Å². The van der Waals surface area contributed by atoms with E-state index in [1.54, 1.807) is 30.6 Å². The van der Waals surface area contributed by atoms with Crippen molar-refractivity contribution in [3.63, 3.8) is 0 Å². The van der Waals surface area contributed by atoms with Gasteiger partial charge < -0.3 is 19.8 Å². The standard InChI is InChI=1S/C27H28N4O3S/c1-16-14-17(2)29-27(28-16)30-24(18-8-6-9-19(15-18)33-3)23-20-10-4-5-12-22(20)35-26(23)31-25(32)21-11-7-13-34-21/h6-9,11,13-15,24H,4-5,10,12H2,1-3H3,(H,31,32)(H,28,29,30). The van der Waals surface area contributed by atoms with E-state index in [2.05, 4.69) is 26.7 Å². The SMILES string of the molecule is COc1cccc(C(Nc2nc(C)cc(C)n2)c2c(NC(=O)c3ccco3)sc3c2CCCC3)c1. The molecule has 0 bridgehead atoms. The summed E-state index contributed by atoms with van der Waals surface area (Å²) in [6.45, 7) is 3.92. The molecule has 0 saturated carbocycles. The first kappa shape index (κ1) is 23.1. The van der Waals surface area contributed by atoms with Gasteiger partial charge in [-0.05, 0) is 81.0 Å². The monoisotopic (exact) mass is 488 g/mol. The topological polar surface area (TPSA) is 89.3 Å². The van der Waals surface area contributed by atoms with E-state index in [1.165, 1.54) is 16.7 Å². The minimum Gasteiger partial charge on any atom is -0.497 e. The molecule has 35 heavy (non-hydrogen) atoms. The molecule has 2 N–H and O–H groups in total. The number of benzene rings is 1. The van der Waals surface area contributed by atoms with Crippen LogP contribution >= 0.6 is 11.3 Å². The second kappa shape index (κ2) is 9.92. The fraction of sp³-hybridized carbons (Fsp3) is 0.296. The molecule has 0 saturated heterocycles. The number of hydrogen-bond donors (Lipinski definition) is 2. The van der Waals surface area contributed by atoms with Gasteiger partial charge in [0.25, 0.3) is 5.91 Å². The van der Waals surface area contributed by atoms with Crippen molar-refractivity contribution in [1.82, 2.24) is 9.97 Å². The van der Waals surface area contributed by atoms with Gasteiger partial charge in [0, 0.05) is 21.8 Å². The molecule has 1 unspecified atom stereocenters. The number of nitrogens with zero attached hydrogens (tertiary/aromatic N) is 2. The van der Waals surface area contributed by atoms with Crippen LogP contribution in [0.1, 0.15) is 62.4 Å². The van der Waals surface area contributed by atoms with Gasteiger partial charge in [-0.25, -0.2) is 9.97 Å². The molecule has 0 radical (unpaired) electrons. The number of nitrogens with one attached hydrogen (secondary N) is 2. The van der Waals surface area contributed by atoms with Gasteiger partial charge in [0.15, 0.2) is 5.76 Å². The largest absolute Gasteiger partial charge is 0.497 e. The van der Waals surface area contributed by atoms with Crippen LogP contribution in [0.3, 0.4) is 0 Å². The summed E-state index contributed by atoms with van der Waals surface area (Å²) in [4.78, 5) is 23.6. The number of thiophene rings is 1. The van der Waals surface area contributed by atoms with Crippen molar-refractivity contribution in [2.75, 3.05) is 17.7 Å². The van der Waals surface area contributed by atoms with E-state index < -0.39 is 0 Å². The Bertz CT molecular complexity index is 1330. The second-order valence-electron chi connectivity index (χ2n) is 8.71. The van der Waals surface area contributed by atoms with E-state index in [0.29, 0.717) is 5.95 Å². The number of aryl methyl sites for hydroxylation is 3. The summed E-state index contributed by atoms with van der Waals surface area (Å²) >= 11 is 1.65. The van der Waals surface area contributed by atoms with Crippen LogP contribution in [-0.4, -0.2) is 23.0 Å². The number of carbonyl (C=O) groups is 1. The van der Waals surface area contributed by atoms with Crippen molar-refractivity contribution in [3.8, 4) is 5.75 Å². The summed E-state index contributed by atoms with van der Waals surface area (Å²) in [5, 5.41) is 7.54. The van der Waals surface area contributed by atoms with E-state index in [-0.39, 0.29) is 17.7 Å². The molecule has 0 spiro atoms. The Morgan fingerprint density at radius 3 is 2.63 bits per heavy atom. The molecule has 3 aromatic heterocycles. The zero-order valence-corrected chi connectivity index (χ0v) is 20.9. The number of amides is 1. The Hall–Kier alpha value is -3.65. The van der Waals surface area contributed by atoms with Crippen LogP contribution in [0.25, 0.3) is 0 Å². The maximum Gasteiger partial charge on any atom is 0.291 e. The van der Waals surface area contributed by atoms with Crippen LogP contribution in [-0.2, 0) is 12.8 Å². The van der Waals surface area contributed by atoms with Gasteiger partial charge >= 0.3 is 0 Å². The van der Waals surface area contributed by atoms with Crippen LogP contribution in [0, 0.1) is 13.8 Å². The first-order chi connectivity index (χ1) is 17.0. The highest BCUT2D eigenvalue weighted by Crippen LogP contribution is 2.44. The molecule has 8 heteroatoms. The Morgan fingerprint density at radius 2 is 1.89 bits per heavy atom. The highest BCUT2D eigenvalue weighted by atomic mass is 32.1. The van der Waals surface area contributed by atoms with Gasteiger partial charge in [0.05, 0.1) is 19.4 Å². The van der Waals surface area contributed by atoms with Crippen LogP contribution in [0.2, 0.25) is 0 Å². The Morgan fingerprint density at radius 1 is 1.09 bits per heavy atom. The van der Waals surface area contributed by atoms with Gasteiger partial charge in [-0.1, -0.05) is 12.1 Å². The number of methoxy groups -OCH3 is 1. The minimum absolute atomic E-state index is 0.262. The number of rotatable bonds is 7. The number of carbonyl (C=O) groups excluding carboxylic acids is 1. The summed E-state index contributed by atoms with van der Waals surface area (Å²) < 4.78 is 10.9. The van der Waals surface area contributed by atoms with Crippen LogP contribution < -0.4 is 15.4 Å². The van der Waals surface area contributed by atoms with E-state index in [0.717, 1.165) is 58.9 Å². The van der Waals surface area contributed by atoms with E-state index >= 15 is 0 Å². The molecule has 3 heterocycles. The lowest BCUT2D eigenvalue weighted by Gasteiger charge is -2.24. The normalized spacial score (nSPS) is 13.7. The Balaban J connectivity index is 1.64. The molecule has 0 aliphatic heterocycles. The molecule has 1 aliphatic carbocycles. The fourth-order valence-electron chi connectivity index (χ4n) is 4.62. The summed E-state index contributed by atoms with van der Waals surface area (Å²) in [5.41, 5.74) is 5.14. The molecule has 5 rings (SSSR count). The summed E-state index contributed by atoms with van der Waals surface area (Å²) in [7, 11) is 1.66. The summed E-state index contributed by atoms with van der Waals surface area (Å²) in [6.07, 6.45) is 5.75. The lowest BCUT2D eigenvalue weighted by atomic mass is 9.89. The highest BCUT2D eigenvalue weighted by molar-refractivity contribution is 7.16. The third-order valence-corrected chi connectivity index (χ3v) is 7.38. The zero-order valence-electron chi connectivity index (χ0n) is 20.1. The van der Waals surface area contributed by atoms with Crippen LogP contribution in [0.15, 0.2) is 53.1 Å². The number of anilines is 2. The van der Waals surface area contributed by atoms with E-state index in [9.17, 15) is 4.79 Å². The average Bonchev–Trinajstić information content (AvgIpc) is 3.50. The number of aromatic nitrogens is 2. The molecule has 0 fully saturated rings. The Kier molecular flexibility index (Phi) is 6.55. The molecule has 1 atom stereocenters. The molecule has 1 amide bonds. The van der Waals surface area contributed by atoms with Gasteiger partial charge in [-0.15, -0.1) is 11.3 Å². The maximum atomic E-state index is 13.0. The lowest BCUT2D eigenvalue weighted by Crippen LogP contribution is -2.19. The summed E-state index contributed by atoms with van der Waals surface area (Å²) in [5.74, 6) is 1.34. The number of furan rings is 1. The fourth-order valence-corrected chi connectivity index (χ4v) is 5.95. The number of hydrogen-bond acceptors (Lipinski definition) is 7. The molecular formula is C27H28N4O3S. The van der Waals surface area contributed by atoms with Crippen molar-refractivity contribution in [2.45, 2.75) is 45.6 Å². The van der Waals surface area contributed by atoms with Crippen molar-refractivity contribution in [2.24, 2.45) is 0 Å². The van der Waals surface area contributed by atoms with Gasteiger partial charge in [-0.3, -0.25) is 4.79 Å².